The summed E-state index contributed by atoms with van der Waals surface area (Å²) in [4.78, 5) is 21.9. The second kappa shape index (κ2) is 8.53. The first-order valence-corrected chi connectivity index (χ1v) is 7.26. The quantitative estimate of drug-likeness (QED) is 0.686. The number of thiophene rings is 1. The molecule has 2 amide bonds. The largest absolute Gasteiger partial charge is 0.481 e. The highest BCUT2D eigenvalue weighted by molar-refractivity contribution is 7.07. The van der Waals surface area contributed by atoms with E-state index in [9.17, 15) is 9.59 Å². The summed E-state index contributed by atoms with van der Waals surface area (Å²) in [6.07, 6.45) is 1.62. The average molecular weight is 284 g/mol. The lowest BCUT2D eigenvalue weighted by Crippen LogP contribution is -2.35. The number of aliphatic carboxylic acids is 1. The summed E-state index contributed by atoms with van der Waals surface area (Å²) in [5.74, 6) is -0.471. The first-order valence-electron chi connectivity index (χ1n) is 6.32. The zero-order valence-corrected chi connectivity index (χ0v) is 11.8. The SMILES string of the molecule is CC(CCNC(=O)NCc1ccsc1)CCC(=O)O. The number of urea groups is 1. The molecule has 0 aromatic carbocycles. The molecule has 19 heavy (non-hydrogen) atoms. The molecule has 1 rings (SSSR count). The predicted octanol–water partition coefficient (Wildman–Crippen LogP) is 2.44. The van der Waals surface area contributed by atoms with Crippen molar-refractivity contribution >= 4 is 23.3 Å². The van der Waals surface area contributed by atoms with Crippen molar-refractivity contribution in [2.75, 3.05) is 6.54 Å². The molecule has 1 unspecified atom stereocenters. The molecule has 106 valence electrons. The smallest absolute Gasteiger partial charge is 0.315 e. The van der Waals surface area contributed by atoms with Crippen LogP contribution in [0.5, 0.6) is 0 Å². The Bertz CT molecular complexity index is 393. The minimum absolute atomic E-state index is 0.184. The minimum Gasteiger partial charge on any atom is -0.481 e. The fourth-order valence-corrected chi connectivity index (χ4v) is 2.25. The third kappa shape index (κ3) is 7.46. The van der Waals surface area contributed by atoms with Crippen LogP contribution >= 0.6 is 11.3 Å². The zero-order valence-electron chi connectivity index (χ0n) is 11.0. The molecule has 0 radical (unpaired) electrons. The number of rotatable bonds is 8. The van der Waals surface area contributed by atoms with E-state index in [4.69, 9.17) is 5.11 Å². The van der Waals surface area contributed by atoms with E-state index in [2.05, 4.69) is 10.6 Å². The van der Waals surface area contributed by atoms with Gasteiger partial charge in [-0.25, -0.2) is 4.79 Å². The van der Waals surface area contributed by atoms with Crippen LogP contribution in [0.4, 0.5) is 4.79 Å². The van der Waals surface area contributed by atoms with Crippen LogP contribution in [0, 0.1) is 5.92 Å². The Kier molecular flexibility index (Phi) is 6.95. The highest BCUT2D eigenvalue weighted by Gasteiger charge is 2.06. The van der Waals surface area contributed by atoms with Crippen LogP contribution in [-0.4, -0.2) is 23.7 Å². The standard InChI is InChI=1S/C13H20N2O3S/c1-10(2-3-12(16)17)4-6-14-13(18)15-8-11-5-7-19-9-11/h5,7,9-10H,2-4,6,8H2,1H3,(H,16,17)(H2,14,15,18). The zero-order chi connectivity index (χ0) is 14.1. The topological polar surface area (TPSA) is 78.4 Å². The first-order chi connectivity index (χ1) is 9.08. The molecule has 0 spiro atoms. The molecule has 1 aromatic rings. The molecular formula is C13H20N2O3S. The number of amides is 2. The molecule has 5 nitrogen and oxygen atoms in total. The van der Waals surface area contributed by atoms with E-state index in [1.807, 2.05) is 23.8 Å². The van der Waals surface area contributed by atoms with Gasteiger partial charge in [0.2, 0.25) is 0 Å². The third-order valence-electron chi connectivity index (χ3n) is 2.81. The molecule has 1 atom stereocenters. The van der Waals surface area contributed by atoms with E-state index in [1.54, 1.807) is 11.3 Å². The van der Waals surface area contributed by atoms with Crippen molar-refractivity contribution in [1.82, 2.24) is 10.6 Å². The summed E-state index contributed by atoms with van der Waals surface area (Å²) in [6, 6.07) is 1.79. The summed E-state index contributed by atoms with van der Waals surface area (Å²) in [5, 5.41) is 18.1. The van der Waals surface area contributed by atoms with Gasteiger partial charge in [0.25, 0.3) is 0 Å². The normalized spacial score (nSPS) is 11.8. The van der Waals surface area contributed by atoms with Crippen LogP contribution in [0.25, 0.3) is 0 Å². The second-order valence-electron chi connectivity index (χ2n) is 4.57. The number of carboxylic acids is 1. The van der Waals surface area contributed by atoms with Gasteiger partial charge in [-0.3, -0.25) is 4.79 Å². The molecule has 0 saturated carbocycles. The number of carboxylic acid groups (broad SMARTS) is 1. The Balaban J connectivity index is 2.05. The monoisotopic (exact) mass is 284 g/mol. The van der Waals surface area contributed by atoms with Crippen LogP contribution in [0.1, 0.15) is 31.7 Å². The molecule has 1 aromatic heterocycles. The Hall–Kier alpha value is -1.56. The summed E-state index contributed by atoms with van der Waals surface area (Å²) < 4.78 is 0. The summed E-state index contributed by atoms with van der Waals surface area (Å²) >= 11 is 1.60. The minimum atomic E-state index is -0.770. The summed E-state index contributed by atoms with van der Waals surface area (Å²) in [6.45, 7) is 3.09. The van der Waals surface area contributed by atoms with Crippen LogP contribution in [0.3, 0.4) is 0 Å². The van der Waals surface area contributed by atoms with Gasteiger partial charge in [0.1, 0.15) is 0 Å². The van der Waals surface area contributed by atoms with Crippen LogP contribution in [-0.2, 0) is 11.3 Å². The molecule has 0 saturated heterocycles. The number of carbonyl (C=O) groups is 2. The molecule has 6 heteroatoms. The van der Waals surface area contributed by atoms with Crippen LogP contribution < -0.4 is 10.6 Å². The van der Waals surface area contributed by atoms with Crippen molar-refractivity contribution in [3.05, 3.63) is 22.4 Å². The maximum absolute atomic E-state index is 11.5. The Morgan fingerprint density at radius 3 is 2.79 bits per heavy atom. The summed E-state index contributed by atoms with van der Waals surface area (Å²) in [5.41, 5.74) is 1.09. The molecule has 0 fully saturated rings. The second-order valence-corrected chi connectivity index (χ2v) is 5.35. The van der Waals surface area contributed by atoms with Crippen molar-refractivity contribution < 1.29 is 14.7 Å². The van der Waals surface area contributed by atoms with Crippen LogP contribution in [0.2, 0.25) is 0 Å². The van der Waals surface area contributed by atoms with E-state index in [0.717, 1.165) is 12.0 Å². The number of hydrogen-bond acceptors (Lipinski definition) is 3. The van der Waals surface area contributed by atoms with Gasteiger partial charge in [-0.05, 0) is 41.1 Å². The van der Waals surface area contributed by atoms with Crippen molar-refractivity contribution in [2.24, 2.45) is 5.92 Å². The fourth-order valence-electron chi connectivity index (χ4n) is 1.58. The average Bonchev–Trinajstić information content (AvgIpc) is 2.87. The van der Waals surface area contributed by atoms with E-state index in [0.29, 0.717) is 25.4 Å². The molecule has 0 bridgehead atoms. The van der Waals surface area contributed by atoms with Gasteiger partial charge in [-0.2, -0.15) is 11.3 Å². The van der Waals surface area contributed by atoms with Gasteiger partial charge >= 0.3 is 12.0 Å². The van der Waals surface area contributed by atoms with E-state index in [-0.39, 0.29) is 12.5 Å². The first kappa shape index (κ1) is 15.5. The Labute approximate surface area is 117 Å². The maximum Gasteiger partial charge on any atom is 0.315 e. The van der Waals surface area contributed by atoms with E-state index >= 15 is 0 Å². The number of carbonyl (C=O) groups excluding carboxylic acids is 1. The third-order valence-corrected chi connectivity index (χ3v) is 3.54. The van der Waals surface area contributed by atoms with Gasteiger partial charge in [0.05, 0.1) is 0 Å². The van der Waals surface area contributed by atoms with Gasteiger partial charge in [-0.1, -0.05) is 6.92 Å². The lowest BCUT2D eigenvalue weighted by Gasteiger charge is -2.11. The van der Waals surface area contributed by atoms with E-state index in [1.165, 1.54) is 0 Å². The predicted molar refractivity (Wildman–Crippen MR) is 75.2 cm³/mol. The highest BCUT2D eigenvalue weighted by Crippen LogP contribution is 2.09. The molecule has 0 aliphatic rings. The molecule has 0 aliphatic heterocycles. The lowest BCUT2D eigenvalue weighted by atomic mass is 10.0. The molecule has 3 N–H and O–H groups in total. The fraction of sp³-hybridized carbons (Fsp3) is 0.538. The van der Waals surface area contributed by atoms with E-state index < -0.39 is 5.97 Å². The van der Waals surface area contributed by atoms with Gasteiger partial charge in [0, 0.05) is 19.5 Å². The van der Waals surface area contributed by atoms with Crippen molar-refractivity contribution in [2.45, 2.75) is 32.7 Å². The Morgan fingerprint density at radius 1 is 1.37 bits per heavy atom. The summed E-state index contributed by atoms with van der Waals surface area (Å²) in [7, 11) is 0. The molecular weight excluding hydrogens is 264 g/mol. The van der Waals surface area contributed by atoms with Crippen molar-refractivity contribution in [1.29, 1.82) is 0 Å². The van der Waals surface area contributed by atoms with Gasteiger partial charge in [-0.15, -0.1) is 0 Å². The lowest BCUT2D eigenvalue weighted by molar-refractivity contribution is -0.137. The van der Waals surface area contributed by atoms with Gasteiger partial charge < -0.3 is 15.7 Å². The number of hydrogen-bond donors (Lipinski definition) is 3. The molecule has 0 aliphatic carbocycles. The van der Waals surface area contributed by atoms with Crippen molar-refractivity contribution in [3.8, 4) is 0 Å². The van der Waals surface area contributed by atoms with Crippen LogP contribution in [0.15, 0.2) is 16.8 Å². The molecule has 1 heterocycles. The van der Waals surface area contributed by atoms with Gasteiger partial charge in [0.15, 0.2) is 0 Å². The number of nitrogens with one attached hydrogen (secondary N) is 2. The van der Waals surface area contributed by atoms with Crippen molar-refractivity contribution in [3.63, 3.8) is 0 Å². The Morgan fingerprint density at radius 2 is 2.16 bits per heavy atom. The highest BCUT2D eigenvalue weighted by atomic mass is 32.1. The maximum atomic E-state index is 11.5.